The molecule has 1 amide bonds. The van der Waals surface area contributed by atoms with E-state index in [0.717, 1.165) is 50.4 Å². The van der Waals surface area contributed by atoms with E-state index in [0.29, 0.717) is 28.5 Å². The molecule has 1 aliphatic rings. The number of nitrogens with one attached hydrogen (secondary N) is 1. The molecule has 0 atom stereocenters. The lowest BCUT2D eigenvalue weighted by molar-refractivity contribution is 0.102. The van der Waals surface area contributed by atoms with Gasteiger partial charge in [-0.15, -0.1) is 0 Å². The average Bonchev–Trinajstić information content (AvgIpc) is 3.31. The van der Waals surface area contributed by atoms with Crippen LogP contribution in [0.4, 0.5) is 5.69 Å². The molecule has 0 bridgehead atoms. The van der Waals surface area contributed by atoms with Gasteiger partial charge in [0.2, 0.25) is 0 Å². The summed E-state index contributed by atoms with van der Waals surface area (Å²) >= 11 is 0. The normalized spacial score (nSPS) is 14.6. The monoisotopic (exact) mass is 482 g/mol. The number of anilines is 1. The van der Waals surface area contributed by atoms with Gasteiger partial charge in [-0.3, -0.25) is 24.3 Å². The van der Waals surface area contributed by atoms with E-state index in [1.54, 1.807) is 24.7 Å². The minimum atomic E-state index is -0.298. The molecule has 1 saturated heterocycles. The molecule has 0 radical (unpaired) electrons. The third-order valence-electron chi connectivity index (χ3n) is 6.31. The number of aryl methyl sites for hydroxylation is 1. The summed E-state index contributed by atoms with van der Waals surface area (Å²) in [6.45, 7) is 7.86. The fourth-order valence-corrected chi connectivity index (χ4v) is 4.24. The first-order chi connectivity index (χ1) is 17.5. The number of piperazine rings is 1. The van der Waals surface area contributed by atoms with Gasteiger partial charge in [-0.05, 0) is 49.9 Å². The van der Waals surface area contributed by atoms with Crippen LogP contribution in [0.2, 0.25) is 0 Å². The SMILES string of the molecule is Cc1cncc(-c2cccc(C(=O)Nc3cn(CCN4CCN(C)CC4)nc3-c3ccccn3)n2)c1. The summed E-state index contributed by atoms with van der Waals surface area (Å²) in [5.74, 6) is -0.298. The van der Waals surface area contributed by atoms with Crippen LogP contribution in [0.1, 0.15) is 16.1 Å². The Labute approximate surface area is 210 Å². The highest BCUT2D eigenvalue weighted by atomic mass is 16.1. The van der Waals surface area contributed by atoms with E-state index in [2.05, 4.69) is 37.1 Å². The fraction of sp³-hybridized carbons (Fsp3) is 0.296. The van der Waals surface area contributed by atoms with Crippen molar-refractivity contribution in [3.05, 3.63) is 78.5 Å². The van der Waals surface area contributed by atoms with Crippen molar-refractivity contribution < 1.29 is 4.79 Å². The molecule has 184 valence electrons. The summed E-state index contributed by atoms with van der Waals surface area (Å²) in [7, 11) is 2.15. The van der Waals surface area contributed by atoms with Crippen molar-refractivity contribution in [2.24, 2.45) is 0 Å². The van der Waals surface area contributed by atoms with Gasteiger partial charge in [-0.25, -0.2) is 4.98 Å². The molecule has 1 fully saturated rings. The molecule has 1 aliphatic heterocycles. The van der Waals surface area contributed by atoms with Gasteiger partial charge in [0.25, 0.3) is 5.91 Å². The van der Waals surface area contributed by atoms with Gasteiger partial charge in [0.1, 0.15) is 11.4 Å². The van der Waals surface area contributed by atoms with Crippen LogP contribution in [-0.2, 0) is 6.54 Å². The van der Waals surface area contributed by atoms with E-state index in [1.807, 2.05) is 54.2 Å². The van der Waals surface area contributed by atoms with Crippen LogP contribution in [0.3, 0.4) is 0 Å². The molecule has 4 aromatic heterocycles. The second-order valence-corrected chi connectivity index (χ2v) is 9.13. The largest absolute Gasteiger partial charge is 0.317 e. The summed E-state index contributed by atoms with van der Waals surface area (Å²) < 4.78 is 1.89. The number of hydrogen-bond acceptors (Lipinski definition) is 7. The predicted octanol–water partition coefficient (Wildman–Crippen LogP) is 3.21. The van der Waals surface area contributed by atoms with E-state index in [-0.39, 0.29) is 5.91 Å². The number of hydrogen-bond donors (Lipinski definition) is 1. The van der Waals surface area contributed by atoms with Crippen LogP contribution < -0.4 is 5.32 Å². The number of amides is 1. The smallest absolute Gasteiger partial charge is 0.274 e. The Morgan fingerprint density at radius 2 is 1.83 bits per heavy atom. The number of likely N-dealkylation sites (N-methyl/N-ethyl adjacent to an activating group) is 1. The lowest BCUT2D eigenvalue weighted by Gasteiger charge is -2.32. The van der Waals surface area contributed by atoms with Gasteiger partial charge >= 0.3 is 0 Å². The fourth-order valence-electron chi connectivity index (χ4n) is 4.24. The molecular formula is C27H30N8O. The number of carbonyl (C=O) groups excluding carboxylic acids is 1. The van der Waals surface area contributed by atoms with Crippen LogP contribution in [0.5, 0.6) is 0 Å². The zero-order valence-electron chi connectivity index (χ0n) is 20.6. The van der Waals surface area contributed by atoms with Crippen LogP contribution in [0, 0.1) is 6.92 Å². The lowest BCUT2D eigenvalue weighted by atomic mass is 10.1. The highest BCUT2D eigenvalue weighted by Gasteiger charge is 2.18. The van der Waals surface area contributed by atoms with Crippen molar-refractivity contribution in [3.8, 4) is 22.6 Å². The minimum absolute atomic E-state index is 0.298. The van der Waals surface area contributed by atoms with Crippen molar-refractivity contribution in [2.45, 2.75) is 13.5 Å². The molecule has 0 saturated carbocycles. The van der Waals surface area contributed by atoms with Gasteiger partial charge in [0, 0.05) is 63.1 Å². The summed E-state index contributed by atoms with van der Waals surface area (Å²) in [5.41, 5.74) is 4.89. The van der Waals surface area contributed by atoms with Gasteiger partial charge < -0.3 is 10.2 Å². The highest BCUT2D eigenvalue weighted by molar-refractivity contribution is 6.04. The van der Waals surface area contributed by atoms with Gasteiger partial charge in [-0.2, -0.15) is 5.10 Å². The van der Waals surface area contributed by atoms with Gasteiger partial charge in [0.15, 0.2) is 0 Å². The van der Waals surface area contributed by atoms with Crippen molar-refractivity contribution in [3.63, 3.8) is 0 Å². The third kappa shape index (κ3) is 5.64. The summed E-state index contributed by atoms with van der Waals surface area (Å²) in [6, 6.07) is 13.1. The second kappa shape index (κ2) is 10.8. The van der Waals surface area contributed by atoms with E-state index in [9.17, 15) is 4.79 Å². The van der Waals surface area contributed by atoms with E-state index in [4.69, 9.17) is 5.10 Å². The average molecular weight is 483 g/mol. The third-order valence-corrected chi connectivity index (χ3v) is 6.31. The van der Waals surface area contributed by atoms with Gasteiger partial charge in [-0.1, -0.05) is 12.1 Å². The maximum absolute atomic E-state index is 13.2. The Morgan fingerprint density at radius 1 is 1.00 bits per heavy atom. The van der Waals surface area contributed by atoms with Crippen molar-refractivity contribution in [2.75, 3.05) is 45.1 Å². The minimum Gasteiger partial charge on any atom is -0.317 e. The number of nitrogens with zero attached hydrogens (tertiary/aromatic N) is 7. The Morgan fingerprint density at radius 3 is 2.61 bits per heavy atom. The maximum atomic E-state index is 13.2. The molecular weight excluding hydrogens is 452 g/mol. The molecule has 0 unspecified atom stereocenters. The molecule has 4 aromatic rings. The van der Waals surface area contributed by atoms with Crippen LogP contribution in [-0.4, -0.2) is 80.2 Å². The Balaban J connectivity index is 1.36. The predicted molar refractivity (Wildman–Crippen MR) is 140 cm³/mol. The Hall–Kier alpha value is -3.95. The number of pyridine rings is 3. The molecule has 0 aromatic carbocycles. The van der Waals surface area contributed by atoms with Crippen molar-refractivity contribution in [1.82, 2.24) is 34.5 Å². The van der Waals surface area contributed by atoms with E-state index in [1.165, 1.54) is 0 Å². The molecule has 36 heavy (non-hydrogen) atoms. The molecule has 5 heterocycles. The summed E-state index contributed by atoms with van der Waals surface area (Å²) in [4.78, 5) is 31.3. The number of carbonyl (C=O) groups is 1. The lowest BCUT2D eigenvalue weighted by Crippen LogP contribution is -2.45. The first kappa shape index (κ1) is 23.8. The number of aromatic nitrogens is 5. The van der Waals surface area contributed by atoms with Gasteiger partial charge in [0.05, 0.1) is 23.6 Å². The molecule has 1 N–H and O–H groups in total. The first-order valence-corrected chi connectivity index (χ1v) is 12.2. The first-order valence-electron chi connectivity index (χ1n) is 12.2. The van der Waals surface area contributed by atoms with Crippen LogP contribution in [0.15, 0.2) is 67.3 Å². The van der Waals surface area contributed by atoms with E-state index >= 15 is 0 Å². The topological polar surface area (TPSA) is 92.1 Å². The van der Waals surface area contributed by atoms with Crippen LogP contribution in [0.25, 0.3) is 22.6 Å². The summed E-state index contributed by atoms with van der Waals surface area (Å²) in [6.07, 6.45) is 7.15. The second-order valence-electron chi connectivity index (χ2n) is 9.13. The van der Waals surface area contributed by atoms with E-state index < -0.39 is 0 Å². The number of rotatable bonds is 7. The quantitative estimate of drug-likeness (QED) is 0.432. The molecule has 0 aliphatic carbocycles. The van der Waals surface area contributed by atoms with Crippen molar-refractivity contribution in [1.29, 1.82) is 0 Å². The highest BCUT2D eigenvalue weighted by Crippen LogP contribution is 2.25. The van der Waals surface area contributed by atoms with Crippen LogP contribution >= 0.6 is 0 Å². The molecule has 9 nitrogen and oxygen atoms in total. The van der Waals surface area contributed by atoms with Crippen molar-refractivity contribution >= 4 is 11.6 Å². The Kier molecular flexibility index (Phi) is 7.11. The maximum Gasteiger partial charge on any atom is 0.274 e. The zero-order valence-corrected chi connectivity index (χ0v) is 20.6. The molecule has 5 rings (SSSR count). The molecule has 0 spiro atoms. The standard InChI is InChI=1S/C27H30N8O/c1-20-16-21(18-28-17-20)22-7-5-8-24(30-22)27(36)31-25-19-35(15-14-34-12-10-33(2)11-13-34)32-26(25)23-6-3-4-9-29-23/h3-9,16-19H,10-15H2,1-2H3,(H,31,36). The zero-order chi connectivity index (χ0) is 24.9. The Bertz CT molecular complexity index is 1330. The molecule has 9 heteroatoms. The summed E-state index contributed by atoms with van der Waals surface area (Å²) in [5, 5.41) is 7.79.